The highest BCUT2D eigenvalue weighted by molar-refractivity contribution is 6.34. The Balaban J connectivity index is 2.33. The predicted molar refractivity (Wildman–Crippen MR) is 84.5 cm³/mol. The summed E-state index contributed by atoms with van der Waals surface area (Å²) in [6.45, 7) is 5.80. The molecule has 0 saturated carbocycles. The van der Waals surface area contributed by atoms with Gasteiger partial charge in [0.05, 0.1) is 22.0 Å². The van der Waals surface area contributed by atoms with Crippen molar-refractivity contribution in [2.75, 3.05) is 11.1 Å². The van der Waals surface area contributed by atoms with E-state index < -0.39 is 0 Å². The third-order valence-electron chi connectivity index (χ3n) is 3.12. The Hall–Kier alpha value is -2.00. The minimum absolute atomic E-state index is 0.256. The van der Waals surface area contributed by atoms with Crippen LogP contribution in [0.2, 0.25) is 5.02 Å². The minimum atomic E-state index is -0.256. The highest BCUT2D eigenvalue weighted by Gasteiger charge is 2.13. The topological polar surface area (TPSA) is 55.1 Å². The smallest absolute Gasteiger partial charge is 0.257 e. The van der Waals surface area contributed by atoms with Crippen LogP contribution in [0, 0.1) is 20.8 Å². The van der Waals surface area contributed by atoms with Gasteiger partial charge in [-0.1, -0.05) is 23.7 Å². The lowest BCUT2D eigenvalue weighted by Gasteiger charge is -2.13. The summed E-state index contributed by atoms with van der Waals surface area (Å²) in [4.78, 5) is 12.3. The first kappa shape index (κ1) is 14.4. The molecule has 1 amide bonds. The number of rotatable bonds is 2. The van der Waals surface area contributed by atoms with Crippen LogP contribution in [0.1, 0.15) is 27.0 Å². The Bertz CT molecular complexity index is 657. The van der Waals surface area contributed by atoms with Crippen molar-refractivity contribution >= 4 is 28.9 Å². The number of halogens is 1. The molecule has 20 heavy (non-hydrogen) atoms. The summed E-state index contributed by atoms with van der Waals surface area (Å²) in [6, 6.07) is 9.14. The van der Waals surface area contributed by atoms with Crippen LogP contribution < -0.4 is 11.1 Å². The monoisotopic (exact) mass is 288 g/mol. The molecule has 2 rings (SSSR count). The fourth-order valence-corrected chi connectivity index (χ4v) is 2.48. The number of carbonyl (C=O) groups excluding carboxylic acids is 1. The second-order valence-corrected chi connectivity index (χ2v) is 5.39. The summed E-state index contributed by atoms with van der Waals surface area (Å²) in [5.74, 6) is -0.256. The second kappa shape index (κ2) is 5.55. The van der Waals surface area contributed by atoms with E-state index in [0.29, 0.717) is 22.0 Å². The lowest BCUT2D eigenvalue weighted by Crippen LogP contribution is -2.15. The average Bonchev–Trinajstić information content (AvgIpc) is 2.33. The number of nitrogens with one attached hydrogen (secondary N) is 1. The van der Waals surface area contributed by atoms with Crippen molar-refractivity contribution in [3.63, 3.8) is 0 Å². The van der Waals surface area contributed by atoms with Crippen molar-refractivity contribution in [1.29, 1.82) is 0 Å². The SMILES string of the molecule is Cc1cc(C)c(NC(=O)c2ccc(C)cc2Cl)c(N)c1. The van der Waals surface area contributed by atoms with Crippen LogP contribution in [0.5, 0.6) is 0 Å². The third-order valence-corrected chi connectivity index (χ3v) is 3.43. The van der Waals surface area contributed by atoms with Crippen LogP contribution >= 0.6 is 11.6 Å². The van der Waals surface area contributed by atoms with E-state index in [2.05, 4.69) is 5.32 Å². The van der Waals surface area contributed by atoms with E-state index in [1.807, 2.05) is 39.0 Å². The van der Waals surface area contributed by atoms with Crippen molar-refractivity contribution in [3.8, 4) is 0 Å². The average molecular weight is 289 g/mol. The molecule has 0 heterocycles. The summed E-state index contributed by atoms with van der Waals surface area (Å²) in [5.41, 5.74) is 10.6. The summed E-state index contributed by atoms with van der Waals surface area (Å²) in [7, 11) is 0. The minimum Gasteiger partial charge on any atom is -0.397 e. The molecule has 0 radical (unpaired) electrons. The van der Waals surface area contributed by atoms with Crippen LogP contribution in [-0.4, -0.2) is 5.91 Å². The number of hydrogen-bond donors (Lipinski definition) is 2. The van der Waals surface area contributed by atoms with Gasteiger partial charge in [-0.2, -0.15) is 0 Å². The molecule has 2 aromatic carbocycles. The molecule has 104 valence electrons. The van der Waals surface area contributed by atoms with Gasteiger partial charge in [0.2, 0.25) is 0 Å². The van der Waals surface area contributed by atoms with Gasteiger partial charge in [0.15, 0.2) is 0 Å². The number of nitrogen functional groups attached to an aromatic ring is 1. The van der Waals surface area contributed by atoms with Gasteiger partial charge < -0.3 is 11.1 Å². The Kier molecular flexibility index (Phi) is 4.00. The molecule has 0 saturated heterocycles. The molecule has 4 heteroatoms. The van der Waals surface area contributed by atoms with Gasteiger partial charge in [0, 0.05) is 0 Å². The number of carbonyl (C=O) groups is 1. The summed E-state index contributed by atoms with van der Waals surface area (Å²) >= 11 is 6.10. The van der Waals surface area contributed by atoms with Gasteiger partial charge in [-0.05, 0) is 55.7 Å². The van der Waals surface area contributed by atoms with E-state index in [0.717, 1.165) is 16.7 Å². The molecular formula is C16H17ClN2O. The molecular weight excluding hydrogens is 272 g/mol. The van der Waals surface area contributed by atoms with Crippen molar-refractivity contribution in [1.82, 2.24) is 0 Å². The number of benzene rings is 2. The quantitative estimate of drug-likeness (QED) is 0.818. The number of anilines is 2. The molecule has 0 atom stereocenters. The third kappa shape index (κ3) is 2.94. The zero-order chi connectivity index (χ0) is 14.9. The van der Waals surface area contributed by atoms with Crippen LogP contribution in [-0.2, 0) is 0 Å². The zero-order valence-electron chi connectivity index (χ0n) is 11.8. The van der Waals surface area contributed by atoms with E-state index in [-0.39, 0.29) is 5.91 Å². The van der Waals surface area contributed by atoms with Crippen LogP contribution in [0.15, 0.2) is 30.3 Å². The Morgan fingerprint density at radius 3 is 2.40 bits per heavy atom. The van der Waals surface area contributed by atoms with E-state index in [1.165, 1.54) is 0 Å². The molecule has 0 fully saturated rings. The zero-order valence-corrected chi connectivity index (χ0v) is 12.5. The second-order valence-electron chi connectivity index (χ2n) is 4.98. The maximum absolute atomic E-state index is 12.3. The first-order valence-corrected chi connectivity index (χ1v) is 6.70. The normalized spacial score (nSPS) is 10.4. The first-order chi connectivity index (χ1) is 9.38. The van der Waals surface area contributed by atoms with Gasteiger partial charge >= 0.3 is 0 Å². The standard InChI is InChI=1S/C16H17ClN2O/c1-9-4-5-12(13(17)7-9)16(20)19-15-11(3)6-10(2)8-14(15)18/h4-8H,18H2,1-3H3,(H,19,20). The molecule has 0 unspecified atom stereocenters. The van der Waals surface area contributed by atoms with Gasteiger partial charge in [-0.15, -0.1) is 0 Å². The fourth-order valence-electron chi connectivity index (χ4n) is 2.16. The van der Waals surface area contributed by atoms with Crippen LogP contribution in [0.25, 0.3) is 0 Å². The molecule has 2 aromatic rings. The van der Waals surface area contributed by atoms with Crippen molar-refractivity contribution < 1.29 is 4.79 Å². The van der Waals surface area contributed by atoms with E-state index in [9.17, 15) is 4.79 Å². The molecule has 0 aliphatic heterocycles. The van der Waals surface area contributed by atoms with Crippen LogP contribution in [0.4, 0.5) is 11.4 Å². The Labute approximate surface area is 123 Å². The molecule has 0 bridgehead atoms. The summed E-state index contributed by atoms with van der Waals surface area (Å²) < 4.78 is 0. The predicted octanol–water partition coefficient (Wildman–Crippen LogP) is 4.10. The van der Waals surface area contributed by atoms with E-state index in [4.69, 9.17) is 17.3 Å². The van der Waals surface area contributed by atoms with E-state index in [1.54, 1.807) is 12.1 Å². The van der Waals surface area contributed by atoms with Crippen LogP contribution in [0.3, 0.4) is 0 Å². The lowest BCUT2D eigenvalue weighted by atomic mass is 10.1. The van der Waals surface area contributed by atoms with Gasteiger partial charge in [0.25, 0.3) is 5.91 Å². The molecule has 0 spiro atoms. The number of aryl methyl sites for hydroxylation is 3. The number of amides is 1. The Morgan fingerprint density at radius 2 is 1.80 bits per heavy atom. The van der Waals surface area contributed by atoms with Gasteiger partial charge in [-0.3, -0.25) is 4.79 Å². The molecule has 3 N–H and O–H groups in total. The van der Waals surface area contributed by atoms with Gasteiger partial charge in [-0.25, -0.2) is 0 Å². The highest BCUT2D eigenvalue weighted by Crippen LogP contribution is 2.26. The Morgan fingerprint density at radius 1 is 1.10 bits per heavy atom. The number of nitrogens with two attached hydrogens (primary N) is 1. The molecule has 0 aliphatic rings. The van der Waals surface area contributed by atoms with Crippen molar-refractivity contribution in [2.45, 2.75) is 20.8 Å². The molecule has 3 nitrogen and oxygen atoms in total. The summed E-state index contributed by atoms with van der Waals surface area (Å²) in [6.07, 6.45) is 0. The first-order valence-electron chi connectivity index (χ1n) is 6.32. The fraction of sp³-hybridized carbons (Fsp3) is 0.188. The summed E-state index contributed by atoms with van der Waals surface area (Å²) in [5, 5.41) is 3.27. The lowest BCUT2D eigenvalue weighted by molar-refractivity contribution is 0.102. The maximum Gasteiger partial charge on any atom is 0.257 e. The highest BCUT2D eigenvalue weighted by atomic mass is 35.5. The van der Waals surface area contributed by atoms with E-state index >= 15 is 0 Å². The molecule has 0 aliphatic carbocycles. The van der Waals surface area contributed by atoms with Crippen molar-refractivity contribution in [3.05, 3.63) is 57.6 Å². The largest absolute Gasteiger partial charge is 0.397 e. The van der Waals surface area contributed by atoms with Crippen molar-refractivity contribution in [2.24, 2.45) is 0 Å². The number of hydrogen-bond acceptors (Lipinski definition) is 2. The maximum atomic E-state index is 12.3. The molecule has 0 aromatic heterocycles. The van der Waals surface area contributed by atoms with Gasteiger partial charge in [0.1, 0.15) is 0 Å².